The molecule has 0 aliphatic heterocycles. The van der Waals surface area contributed by atoms with E-state index in [1.165, 1.54) is 0 Å². The van der Waals surface area contributed by atoms with Crippen molar-refractivity contribution in [1.82, 2.24) is 14.7 Å². The van der Waals surface area contributed by atoms with Gasteiger partial charge in [-0.25, -0.2) is 9.78 Å². The number of hydrogen-bond acceptors (Lipinski definition) is 6. The standard InChI is InChI=1S/C22H24F3N5O4/c1-32-7-8-33-9-10-34-28-13-16-5-6-30-19(14-26-20(30)11-16)17-3-2-4-18(12-17)29-21(31)27-15-22(23,24)25/h2-6,11-14H,7-10,15H2,1H3,(H2,27,29,31)/b28-13-. The number of urea groups is 1. The smallest absolute Gasteiger partial charge is 0.393 e. The van der Waals surface area contributed by atoms with Gasteiger partial charge in [-0.3, -0.25) is 4.40 Å². The SMILES string of the molecule is COCCOCCO/N=C\c1ccn2c(-c3cccc(NC(=O)NCC(F)(F)F)c3)cnc2c1. The van der Waals surface area contributed by atoms with Gasteiger partial charge in [0.1, 0.15) is 18.8 Å². The molecular formula is C22H24F3N5O4. The van der Waals surface area contributed by atoms with Gasteiger partial charge < -0.3 is 24.9 Å². The van der Waals surface area contributed by atoms with Crippen molar-refractivity contribution in [2.45, 2.75) is 6.18 Å². The molecule has 0 unspecified atom stereocenters. The largest absolute Gasteiger partial charge is 0.405 e. The Morgan fingerprint density at radius 1 is 1.18 bits per heavy atom. The predicted molar refractivity (Wildman–Crippen MR) is 120 cm³/mol. The van der Waals surface area contributed by atoms with E-state index in [4.69, 9.17) is 14.3 Å². The van der Waals surface area contributed by atoms with Crippen LogP contribution >= 0.6 is 0 Å². The lowest BCUT2D eigenvalue weighted by Gasteiger charge is -2.10. The van der Waals surface area contributed by atoms with Crippen LogP contribution in [0.15, 0.2) is 53.9 Å². The number of ether oxygens (including phenoxy) is 2. The molecule has 0 saturated heterocycles. The number of carbonyl (C=O) groups excluding carboxylic acids is 1. The molecule has 3 aromatic rings. The molecule has 2 N–H and O–H groups in total. The van der Waals surface area contributed by atoms with Gasteiger partial charge in [0.25, 0.3) is 0 Å². The molecule has 0 bridgehead atoms. The lowest BCUT2D eigenvalue weighted by molar-refractivity contribution is -0.122. The number of imidazole rings is 1. The molecule has 12 heteroatoms. The zero-order valence-electron chi connectivity index (χ0n) is 18.3. The zero-order valence-corrected chi connectivity index (χ0v) is 18.3. The number of nitrogens with one attached hydrogen (secondary N) is 2. The van der Waals surface area contributed by atoms with Gasteiger partial charge >= 0.3 is 12.2 Å². The van der Waals surface area contributed by atoms with Gasteiger partial charge in [0.2, 0.25) is 0 Å². The summed E-state index contributed by atoms with van der Waals surface area (Å²) in [6.07, 6.45) is 0.549. The topological polar surface area (TPSA) is 98.5 Å². The minimum absolute atomic E-state index is 0.314. The average molecular weight is 479 g/mol. The summed E-state index contributed by atoms with van der Waals surface area (Å²) in [5.74, 6) is 0. The highest BCUT2D eigenvalue weighted by atomic mass is 19.4. The maximum Gasteiger partial charge on any atom is 0.405 e. The van der Waals surface area contributed by atoms with Crippen LogP contribution in [0.3, 0.4) is 0 Å². The Hall–Kier alpha value is -3.64. The van der Waals surface area contributed by atoms with Crippen molar-refractivity contribution >= 4 is 23.6 Å². The summed E-state index contributed by atoms with van der Waals surface area (Å²) in [5.41, 5.74) is 3.24. The Labute approximate surface area is 193 Å². The van der Waals surface area contributed by atoms with Gasteiger partial charge in [0.15, 0.2) is 0 Å². The molecule has 0 saturated carbocycles. The molecule has 0 aliphatic rings. The number of rotatable bonds is 11. The van der Waals surface area contributed by atoms with E-state index in [9.17, 15) is 18.0 Å². The average Bonchev–Trinajstić information content (AvgIpc) is 3.22. The van der Waals surface area contributed by atoms with Crippen molar-refractivity contribution in [2.75, 3.05) is 45.4 Å². The fourth-order valence-corrected chi connectivity index (χ4v) is 2.89. The third kappa shape index (κ3) is 7.74. The molecule has 0 fully saturated rings. The Kier molecular flexibility index (Phi) is 8.82. The first-order valence-corrected chi connectivity index (χ1v) is 10.3. The minimum Gasteiger partial charge on any atom is -0.393 e. The second-order valence-electron chi connectivity index (χ2n) is 7.01. The summed E-state index contributed by atoms with van der Waals surface area (Å²) < 4.78 is 48.8. The summed E-state index contributed by atoms with van der Waals surface area (Å²) >= 11 is 0. The number of nitrogens with zero attached hydrogens (tertiary/aromatic N) is 3. The third-order valence-electron chi connectivity index (χ3n) is 4.43. The van der Waals surface area contributed by atoms with Crippen LogP contribution in [-0.4, -0.2) is 67.9 Å². The van der Waals surface area contributed by atoms with E-state index in [1.807, 2.05) is 22.7 Å². The van der Waals surface area contributed by atoms with Crippen molar-refractivity contribution < 1.29 is 32.3 Å². The van der Waals surface area contributed by atoms with Gasteiger partial charge in [-0.2, -0.15) is 13.2 Å². The van der Waals surface area contributed by atoms with Crippen LogP contribution in [0.25, 0.3) is 16.9 Å². The highest BCUT2D eigenvalue weighted by Crippen LogP contribution is 2.24. The fraction of sp³-hybridized carbons (Fsp3) is 0.318. The highest BCUT2D eigenvalue weighted by Gasteiger charge is 2.27. The second-order valence-corrected chi connectivity index (χ2v) is 7.01. The summed E-state index contributed by atoms with van der Waals surface area (Å²) in [4.78, 5) is 21.3. The first-order chi connectivity index (χ1) is 16.4. The number of methoxy groups -OCH3 is 1. The molecule has 3 rings (SSSR count). The van der Waals surface area contributed by atoms with Gasteiger partial charge in [0, 0.05) is 30.1 Å². The summed E-state index contributed by atoms with van der Waals surface area (Å²) in [7, 11) is 1.60. The number of hydrogen-bond donors (Lipinski definition) is 2. The van der Waals surface area contributed by atoms with Crippen molar-refractivity contribution in [1.29, 1.82) is 0 Å². The molecule has 2 aromatic heterocycles. The van der Waals surface area contributed by atoms with Crippen molar-refractivity contribution in [3.8, 4) is 11.3 Å². The van der Waals surface area contributed by atoms with Gasteiger partial charge in [-0.15, -0.1) is 0 Å². The van der Waals surface area contributed by atoms with E-state index in [-0.39, 0.29) is 0 Å². The number of pyridine rings is 1. The number of halogens is 3. The van der Waals surface area contributed by atoms with E-state index in [1.54, 1.807) is 49.1 Å². The van der Waals surface area contributed by atoms with Gasteiger partial charge in [-0.05, 0) is 24.3 Å². The Balaban J connectivity index is 1.61. The van der Waals surface area contributed by atoms with Crippen molar-refractivity contribution in [3.05, 3.63) is 54.4 Å². The summed E-state index contributed by atoms with van der Waals surface area (Å²) in [6, 6.07) is 9.42. The second kappa shape index (κ2) is 12.0. The molecule has 182 valence electrons. The van der Waals surface area contributed by atoms with Crippen LogP contribution in [0, 0.1) is 0 Å². The van der Waals surface area contributed by atoms with E-state index in [0.717, 1.165) is 16.8 Å². The fourth-order valence-electron chi connectivity index (χ4n) is 2.89. The number of fused-ring (bicyclic) bond motifs is 1. The number of amides is 2. The quantitative estimate of drug-likeness (QED) is 0.248. The van der Waals surface area contributed by atoms with Crippen LogP contribution in [0.2, 0.25) is 0 Å². The maximum atomic E-state index is 12.3. The molecule has 34 heavy (non-hydrogen) atoms. The van der Waals surface area contributed by atoms with Crippen LogP contribution in [0.4, 0.5) is 23.7 Å². The molecule has 0 spiro atoms. The molecule has 1 aromatic carbocycles. The normalized spacial score (nSPS) is 11.8. The predicted octanol–water partition coefficient (Wildman–Crippen LogP) is 3.70. The number of benzene rings is 1. The van der Waals surface area contributed by atoms with E-state index >= 15 is 0 Å². The van der Waals surface area contributed by atoms with Crippen molar-refractivity contribution in [3.63, 3.8) is 0 Å². The summed E-state index contributed by atoms with van der Waals surface area (Å²) in [5, 5.41) is 8.08. The lowest BCUT2D eigenvalue weighted by atomic mass is 10.1. The summed E-state index contributed by atoms with van der Waals surface area (Å²) in [6.45, 7) is 0.320. The zero-order chi connectivity index (χ0) is 24.4. The first kappa shape index (κ1) is 25.0. The number of oxime groups is 1. The molecule has 2 heterocycles. The Bertz CT molecular complexity index is 1120. The molecule has 2 amide bonds. The minimum atomic E-state index is -4.48. The van der Waals surface area contributed by atoms with Crippen LogP contribution in [-0.2, 0) is 14.3 Å². The number of alkyl halides is 3. The van der Waals surface area contributed by atoms with E-state index in [2.05, 4.69) is 15.5 Å². The van der Waals surface area contributed by atoms with E-state index < -0.39 is 18.8 Å². The molecule has 9 nitrogen and oxygen atoms in total. The monoisotopic (exact) mass is 479 g/mol. The van der Waals surface area contributed by atoms with Crippen LogP contribution < -0.4 is 10.6 Å². The van der Waals surface area contributed by atoms with Gasteiger partial charge in [0.05, 0.1) is 37.9 Å². The molecule has 0 radical (unpaired) electrons. The van der Waals surface area contributed by atoms with Crippen LogP contribution in [0.5, 0.6) is 0 Å². The number of aromatic nitrogens is 2. The Morgan fingerprint density at radius 3 is 2.79 bits per heavy atom. The van der Waals surface area contributed by atoms with Crippen LogP contribution in [0.1, 0.15) is 5.56 Å². The van der Waals surface area contributed by atoms with Crippen molar-refractivity contribution in [2.24, 2.45) is 5.16 Å². The Morgan fingerprint density at radius 2 is 2.00 bits per heavy atom. The molecule has 0 aliphatic carbocycles. The lowest BCUT2D eigenvalue weighted by Crippen LogP contribution is -2.36. The van der Waals surface area contributed by atoms with Gasteiger partial charge in [-0.1, -0.05) is 17.3 Å². The highest BCUT2D eigenvalue weighted by molar-refractivity contribution is 5.90. The maximum absolute atomic E-state index is 12.3. The molecule has 0 atom stereocenters. The third-order valence-corrected chi connectivity index (χ3v) is 4.43. The number of anilines is 1. The molecular weight excluding hydrogens is 455 g/mol. The number of carbonyl (C=O) groups is 1. The van der Waals surface area contributed by atoms with E-state index in [0.29, 0.717) is 37.8 Å². The first-order valence-electron chi connectivity index (χ1n) is 10.3.